The van der Waals surface area contributed by atoms with E-state index >= 15 is 0 Å². The molecule has 3 aromatic rings. The molecule has 7 nitrogen and oxygen atoms in total. The van der Waals surface area contributed by atoms with Crippen LogP contribution >= 0.6 is 163 Å². The Kier molecular flexibility index (Phi) is 28.0. The van der Waals surface area contributed by atoms with Crippen LogP contribution in [0.25, 0.3) is 0 Å². The molecular formula is C21H31Cl5N3O4P13. The van der Waals surface area contributed by atoms with E-state index in [1.165, 1.54) is 32.0 Å². The Morgan fingerprint density at radius 1 is 0.652 bits per heavy atom. The third-order valence-electron chi connectivity index (χ3n) is 4.59. The van der Waals surface area contributed by atoms with E-state index in [2.05, 4.69) is 77.5 Å². The highest BCUT2D eigenvalue weighted by Gasteiger charge is 2.28. The minimum atomic E-state index is -1.11. The Morgan fingerprint density at radius 2 is 1.02 bits per heavy atom. The summed E-state index contributed by atoms with van der Waals surface area (Å²) in [6, 6.07) is 9.07. The summed E-state index contributed by atoms with van der Waals surface area (Å²) >= 11 is 27.6. The number of rotatable bonds is 8. The van der Waals surface area contributed by atoms with Crippen molar-refractivity contribution in [3.8, 4) is 0 Å². The number of carbonyl (C=O) groups excluding carboxylic acids is 2. The SMILES string of the molecule is CC(=O)c1ccc(Cl)nc1C.CC(=O)c1ccc(Cl)nc1Cl.O=C(O)c1ccc(Cl)nc1Cl.PPP(P(P)P)P(P(P)P)P(P)P. The van der Waals surface area contributed by atoms with Crippen LogP contribution in [-0.4, -0.2) is 37.6 Å². The van der Waals surface area contributed by atoms with Gasteiger partial charge in [0.25, 0.3) is 0 Å². The van der Waals surface area contributed by atoms with E-state index in [-0.39, 0.29) is 67.5 Å². The molecule has 9 unspecified atom stereocenters. The number of carboxylic acid groups (broad SMARTS) is 1. The zero-order chi connectivity index (χ0) is 35.9. The molecule has 0 fully saturated rings. The Bertz CT molecular complexity index is 1330. The van der Waals surface area contributed by atoms with Gasteiger partial charge in [0.1, 0.15) is 25.8 Å². The van der Waals surface area contributed by atoms with Crippen LogP contribution in [0.4, 0.5) is 0 Å². The molecule has 0 aliphatic carbocycles. The van der Waals surface area contributed by atoms with Crippen LogP contribution in [0.1, 0.15) is 50.6 Å². The maximum Gasteiger partial charge on any atom is 0.338 e. The summed E-state index contributed by atoms with van der Waals surface area (Å²) in [6.45, 7) is 5.57. The van der Waals surface area contributed by atoms with Crippen LogP contribution in [-0.2, 0) is 0 Å². The van der Waals surface area contributed by atoms with Gasteiger partial charge in [0.05, 0.1) is 11.1 Å². The monoisotopic (exact) mass is 967 g/mol. The molecule has 254 valence electrons. The predicted octanol–water partition coefficient (Wildman–Crippen LogP) is 14.1. The molecule has 46 heavy (non-hydrogen) atoms. The summed E-state index contributed by atoms with van der Waals surface area (Å²) in [4.78, 5) is 43.3. The van der Waals surface area contributed by atoms with Crippen LogP contribution in [0.2, 0.25) is 25.8 Å². The second-order valence-electron chi connectivity index (χ2n) is 7.96. The first-order valence-corrected chi connectivity index (χ1v) is 36.5. The predicted molar refractivity (Wildman–Crippen MR) is 240 cm³/mol. The number of carbonyl (C=O) groups is 3. The molecule has 0 spiro atoms. The van der Waals surface area contributed by atoms with Crippen LogP contribution in [0.15, 0.2) is 36.4 Å². The number of Topliss-reactive ketones (excluding diaryl/α,β-unsaturated/α-hetero) is 2. The Morgan fingerprint density at radius 3 is 1.28 bits per heavy atom. The molecule has 0 amide bonds. The lowest BCUT2D eigenvalue weighted by atomic mass is 10.1. The van der Waals surface area contributed by atoms with Crippen LogP contribution in [0, 0.1) is 6.92 Å². The number of aromatic carboxylic acids is 1. The molecule has 3 rings (SSSR count). The number of hydrogen-bond acceptors (Lipinski definition) is 6. The highest BCUT2D eigenvalue weighted by Crippen LogP contribution is 3.18. The number of carboxylic acids is 1. The van der Waals surface area contributed by atoms with Gasteiger partial charge in [0.2, 0.25) is 0 Å². The van der Waals surface area contributed by atoms with Gasteiger partial charge in [0, 0.05) is 11.3 Å². The highest BCUT2D eigenvalue weighted by atomic mass is 35.5. The number of aryl methyl sites for hydroxylation is 1. The minimum Gasteiger partial charge on any atom is -0.478 e. The van der Waals surface area contributed by atoms with Crippen LogP contribution < -0.4 is 0 Å². The van der Waals surface area contributed by atoms with Gasteiger partial charge in [0.15, 0.2) is 11.6 Å². The summed E-state index contributed by atoms with van der Waals surface area (Å²) in [6.07, 6.45) is 0. The topological polar surface area (TPSA) is 110 Å². The van der Waals surface area contributed by atoms with E-state index in [1.54, 1.807) is 25.1 Å². The van der Waals surface area contributed by atoms with Gasteiger partial charge in [-0.05, 0) is 92.1 Å². The smallest absolute Gasteiger partial charge is 0.338 e. The zero-order valence-corrected chi connectivity index (χ0v) is 41.5. The Labute approximate surface area is 318 Å². The molecule has 3 heterocycles. The lowest BCUT2D eigenvalue weighted by molar-refractivity contribution is 0.0696. The molecule has 3 aromatic heterocycles. The number of pyridine rings is 3. The maximum absolute atomic E-state index is 10.9. The number of halogens is 5. The molecule has 0 saturated carbocycles. The van der Waals surface area contributed by atoms with E-state index in [9.17, 15) is 14.4 Å². The first kappa shape index (κ1) is 49.3. The second-order valence-corrected chi connectivity index (χ2v) is 57.3. The highest BCUT2D eigenvalue weighted by molar-refractivity contribution is 9.24. The summed E-state index contributed by atoms with van der Waals surface area (Å²) in [5.41, 5.74) is 1.67. The lowest BCUT2D eigenvalue weighted by Gasteiger charge is -2.34. The zero-order valence-electron chi connectivity index (χ0n) is 24.1. The average molecular weight is 969 g/mol. The molecule has 0 aliphatic rings. The first-order chi connectivity index (χ1) is 21.2. The summed E-state index contributed by atoms with van der Waals surface area (Å²) < 4.78 is 0. The van der Waals surface area contributed by atoms with Crippen molar-refractivity contribution in [2.24, 2.45) is 0 Å². The normalized spacial score (nSPS) is 11.5. The lowest BCUT2D eigenvalue weighted by Crippen LogP contribution is -1.98. The molecule has 0 bridgehead atoms. The fourth-order valence-electron chi connectivity index (χ4n) is 2.67. The van der Waals surface area contributed by atoms with Crippen molar-refractivity contribution in [3.63, 3.8) is 0 Å². The largest absolute Gasteiger partial charge is 0.478 e. The molecule has 9 atom stereocenters. The Balaban J connectivity index is 0.000000588. The van der Waals surface area contributed by atoms with Gasteiger partial charge in [-0.25, -0.2) is 19.7 Å². The van der Waals surface area contributed by atoms with Gasteiger partial charge in [-0.3, -0.25) is 9.59 Å². The van der Waals surface area contributed by atoms with Crippen LogP contribution in [0.3, 0.4) is 0 Å². The molecule has 25 heteroatoms. The molecule has 0 saturated heterocycles. The summed E-state index contributed by atoms with van der Waals surface area (Å²) in [7, 11) is 22.2. The number of aromatic nitrogens is 3. The van der Waals surface area contributed by atoms with E-state index in [4.69, 9.17) is 63.1 Å². The second kappa shape index (κ2) is 26.1. The van der Waals surface area contributed by atoms with E-state index < -0.39 is 5.97 Å². The standard InChI is InChI=1S/C8H8ClNO.C7H5Cl2NO.C6H3Cl2NO2.H15P13/c1-5-7(6(2)11)3-4-8(9)10-5;1-4(11)5-2-3-6(8)10-7(5)9;7-4-2-1-3(6(10)11)5(8)9-4;1-8-12(9(2)3)13(10(4)5)11(6)7/h3-4H,1-2H3;2-3H,1H3;1-2H,(H,10,11);8H,1-7H2. The van der Waals surface area contributed by atoms with E-state index in [0.717, 1.165) is 7.96 Å². The van der Waals surface area contributed by atoms with Gasteiger partial charge in [-0.2, -0.15) is 0 Å². The van der Waals surface area contributed by atoms with Crippen molar-refractivity contribution in [1.82, 2.24) is 15.0 Å². The van der Waals surface area contributed by atoms with E-state index in [1.807, 2.05) is 0 Å². The van der Waals surface area contributed by atoms with Gasteiger partial charge in [-0.1, -0.05) is 66.0 Å². The van der Waals surface area contributed by atoms with Crippen LogP contribution in [0.5, 0.6) is 0 Å². The summed E-state index contributed by atoms with van der Waals surface area (Å²) in [5.74, 6) is -1.20. The molecule has 0 aliphatic heterocycles. The van der Waals surface area contributed by atoms with Gasteiger partial charge in [-0.15, -0.1) is 62.5 Å². The average Bonchev–Trinajstić information content (AvgIpc) is 2.91. The summed E-state index contributed by atoms with van der Waals surface area (Å²) in [5, 5.41) is 9.45. The Hall–Kier alpha value is 3.30. The molecule has 0 radical (unpaired) electrons. The van der Waals surface area contributed by atoms with Crippen molar-refractivity contribution in [3.05, 3.63) is 84.5 Å². The third kappa shape index (κ3) is 19.4. The minimum absolute atomic E-state index is 0.0201. The van der Waals surface area contributed by atoms with Crippen molar-refractivity contribution in [2.45, 2.75) is 20.8 Å². The van der Waals surface area contributed by atoms with Gasteiger partial charge >= 0.3 is 5.97 Å². The first-order valence-electron chi connectivity index (χ1n) is 11.7. The number of nitrogens with zero attached hydrogens (tertiary/aromatic N) is 3. The van der Waals surface area contributed by atoms with Gasteiger partial charge < -0.3 is 5.11 Å². The fraction of sp³-hybridized carbons (Fsp3) is 0.143. The number of ketones is 2. The third-order valence-corrected chi connectivity index (χ3v) is 79.1. The molecule has 1 N–H and O–H groups in total. The van der Waals surface area contributed by atoms with Crippen molar-refractivity contribution < 1.29 is 19.5 Å². The van der Waals surface area contributed by atoms with Crippen molar-refractivity contribution >= 4 is 181 Å². The quantitative estimate of drug-likeness (QED) is 0.136. The van der Waals surface area contributed by atoms with Crippen molar-refractivity contribution in [1.29, 1.82) is 0 Å². The molecular weight excluding hydrogens is 938 g/mol. The van der Waals surface area contributed by atoms with Crippen molar-refractivity contribution in [2.75, 3.05) is 0 Å². The number of hydrogen-bond donors (Lipinski definition) is 1. The van der Waals surface area contributed by atoms with E-state index in [0.29, 0.717) is 27.1 Å². The fourth-order valence-corrected chi connectivity index (χ4v) is 131. The molecule has 0 aromatic carbocycles. The maximum atomic E-state index is 10.9.